The Morgan fingerprint density at radius 2 is 1.24 bits per heavy atom. The predicted molar refractivity (Wildman–Crippen MR) is 75.7 cm³/mol. The lowest BCUT2D eigenvalue weighted by atomic mass is 10.1. The van der Waals surface area contributed by atoms with Crippen molar-refractivity contribution < 1.29 is 0 Å². The number of rotatable bonds is 2. The summed E-state index contributed by atoms with van der Waals surface area (Å²) in [6, 6.07) is 11.0. The van der Waals surface area contributed by atoms with E-state index in [1.807, 2.05) is 24.3 Å². The van der Waals surface area contributed by atoms with Crippen LogP contribution in [0.2, 0.25) is 20.1 Å². The maximum absolute atomic E-state index is 6.12. The largest absolute Gasteiger partial charge is 0.0843 e. The third-order valence-corrected chi connectivity index (χ3v) is 3.54. The SMILES string of the molecule is Clc1ccc(Cc2c(Cl)cc(Cl)cc2Cl)cc1. The van der Waals surface area contributed by atoms with Crippen molar-refractivity contribution >= 4 is 46.4 Å². The molecule has 0 aliphatic heterocycles. The molecule has 0 aliphatic carbocycles. The number of benzene rings is 2. The highest BCUT2D eigenvalue weighted by Crippen LogP contribution is 2.30. The van der Waals surface area contributed by atoms with Crippen molar-refractivity contribution in [2.45, 2.75) is 6.42 Å². The van der Waals surface area contributed by atoms with Crippen LogP contribution in [0.3, 0.4) is 0 Å². The number of halogens is 4. The standard InChI is InChI=1S/C13H8Cl4/c14-9-3-1-8(2-4-9)5-11-12(16)6-10(15)7-13(11)17/h1-4,6-7H,5H2. The zero-order chi connectivity index (χ0) is 12.4. The van der Waals surface area contributed by atoms with E-state index < -0.39 is 0 Å². The molecule has 0 spiro atoms. The summed E-state index contributed by atoms with van der Waals surface area (Å²) in [5.74, 6) is 0. The molecule has 0 fully saturated rings. The summed E-state index contributed by atoms with van der Waals surface area (Å²) < 4.78 is 0. The lowest BCUT2D eigenvalue weighted by molar-refractivity contribution is 1.19. The second-order valence-electron chi connectivity index (χ2n) is 3.65. The zero-order valence-electron chi connectivity index (χ0n) is 8.68. The minimum atomic E-state index is 0.542. The third-order valence-electron chi connectivity index (χ3n) is 2.40. The Morgan fingerprint density at radius 3 is 1.76 bits per heavy atom. The molecule has 0 nitrogen and oxygen atoms in total. The first-order valence-electron chi connectivity index (χ1n) is 4.94. The van der Waals surface area contributed by atoms with E-state index in [9.17, 15) is 0 Å². The van der Waals surface area contributed by atoms with Crippen molar-refractivity contribution in [1.82, 2.24) is 0 Å². The van der Waals surface area contributed by atoms with E-state index in [1.165, 1.54) is 0 Å². The topological polar surface area (TPSA) is 0 Å². The van der Waals surface area contributed by atoms with Crippen LogP contribution in [-0.4, -0.2) is 0 Å². The minimum absolute atomic E-state index is 0.542. The fourth-order valence-electron chi connectivity index (χ4n) is 1.55. The van der Waals surface area contributed by atoms with Crippen LogP contribution in [0.25, 0.3) is 0 Å². The van der Waals surface area contributed by atoms with Gasteiger partial charge in [0, 0.05) is 26.5 Å². The van der Waals surface area contributed by atoms with Gasteiger partial charge in [-0.2, -0.15) is 0 Å². The van der Waals surface area contributed by atoms with E-state index in [0.717, 1.165) is 11.1 Å². The molecule has 0 heterocycles. The third kappa shape index (κ3) is 3.29. The van der Waals surface area contributed by atoms with Gasteiger partial charge >= 0.3 is 0 Å². The van der Waals surface area contributed by atoms with E-state index in [2.05, 4.69) is 0 Å². The molecule has 17 heavy (non-hydrogen) atoms. The van der Waals surface area contributed by atoms with Crippen LogP contribution < -0.4 is 0 Å². The lowest BCUT2D eigenvalue weighted by Gasteiger charge is -2.08. The molecule has 2 rings (SSSR count). The molecule has 0 amide bonds. The first-order chi connectivity index (χ1) is 8.06. The summed E-state index contributed by atoms with van der Waals surface area (Å²) in [4.78, 5) is 0. The minimum Gasteiger partial charge on any atom is -0.0843 e. The Kier molecular flexibility index (Phi) is 4.22. The maximum Gasteiger partial charge on any atom is 0.0471 e. The van der Waals surface area contributed by atoms with Gasteiger partial charge in [0.05, 0.1) is 0 Å². The normalized spacial score (nSPS) is 10.6. The molecule has 0 aromatic heterocycles. The maximum atomic E-state index is 6.12. The molecule has 2 aromatic rings. The van der Waals surface area contributed by atoms with Crippen LogP contribution >= 0.6 is 46.4 Å². The Balaban J connectivity index is 2.33. The molecule has 88 valence electrons. The monoisotopic (exact) mass is 304 g/mol. The first-order valence-corrected chi connectivity index (χ1v) is 6.45. The van der Waals surface area contributed by atoms with E-state index >= 15 is 0 Å². The molecule has 0 aliphatic rings. The van der Waals surface area contributed by atoms with Gasteiger partial charge in [-0.05, 0) is 35.4 Å². The van der Waals surface area contributed by atoms with Crippen LogP contribution in [0, 0.1) is 0 Å². The molecule has 4 heteroatoms. The van der Waals surface area contributed by atoms with Gasteiger partial charge in [0.15, 0.2) is 0 Å². The summed E-state index contributed by atoms with van der Waals surface area (Å²) in [5, 5.41) is 2.41. The zero-order valence-corrected chi connectivity index (χ0v) is 11.7. The molecule has 2 aromatic carbocycles. The summed E-state index contributed by atoms with van der Waals surface area (Å²) in [7, 11) is 0. The molecular weight excluding hydrogens is 298 g/mol. The molecule has 0 radical (unpaired) electrons. The number of hydrogen-bond acceptors (Lipinski definition) is 0. The molecule has 0 saturated heterocycles. The van der Waals surface area contributed by atoms with Gasteiger partial charge in [-0.1, -0.05) is 58.5 Å². The fraction of sp³-hybridized carbons (Fsp3) is 0.0769. The van der Waals surface area contributed by atoms with Crippen LogP contribution in [0.1, 0.15) is 11.1 Å². The molecule has 0 unspecified atom stereocenters. The van der Waals surface area contributed by atoms with E-state index in [4.69, 9.17) is 46.4 Å². The Bertz CT molecular complexity index is 509. The lowest BCUT2D eigenvalue weighted by Crippen LogP contribution is -1.91. The summed E-state index contributed by atoms with van der Waals surface area (Å²) >= 11 is 23.9. The van der Waals surface area contributed by atoms with E-state index in [-0.39, 0.29) is 0 Å². The highest BCUT2D eigenvalue weighted by atomic mass is 35.5. The highest BCUT2D eigenvalue weighted by Gasteiger charge is 2.08. The van der Waals surface area contributed by atoms with E-state index in [0.29, 0.717) is 26.5 Å². The Morgan fingerprint density at radius 1 is 0.706 bits per heavy atom. The Hall–Kier alpha value is -0.400. The number of hydrogen-bond donors (Lipinski definition) is 0. The summed E-state index contributed by atoms with van der Waals surface area (Å²) in [6.45, 7) is 0. The van der Waals surface area contributed by atoms with Crippen molar-refractivity contribution in [2.75, 3.05) is 0 Å². The molecule has 0 atom stereocenters. The Labute approximate surface area is 120 Å². The van der Waals surface area contributed by atoms with Gasteiger partial charge in [-0.3, -0.25) is 0 Å². The smallest absolute Gasteiger partial charge is 0.0471 e. The first kappa shape index (κ1) is 13.0. The van der Waals surface area contributed by atoms with Crippen molar-refractivity contribution in [1.29, 1.82) is 0 Å². The molecule has 0 saturated carbocycles. The van der Waals surface area contributed by atoms with Gasteiger partial charge in [-0.15, -0.1) is 0 Å². The average molecular weight is 306 g/mol. The van der Waals surface area contributed by atoms with Gasteiger partial charge < -0.3 is 0 Å². The van der Waals surface area contributed by atoms with Crippen molar-refractivity contribution in [3.8, 4) is 0 Å². The van der Waals surface area contributed by atoms with Crippen molar-refractivity contribution in [2.24, 2.45) is 0 Å². The molecular formula is C13H8Cl4. The van der Waals surface area contributed by atoms with E-state index in [1.54, 1.807) is 12.1 Å². The summed E-state index contributed by atoms with van der Waals surface area (Å²) in [6.07, 6.45) is 0.659. The quantitative estimate of drug-likeness (QED) is 0.649. The predicted octanol–water partition coefficient (Wildman–Crippen LogP) is 5.89. The van der Waals surface area contributed by atoms with Gasteiger partial charge in [-0.25, -0.2) is 0 Å². The fourth-order valence-corrected chi connectivity index (χ4v) is 2.62. The second kappa shape index (κ2) is 5.49. The van der Waals surface area contributed by atoms with Gasteiger partial charge in [0.25, 0.3) is 0 Å². The van der Waals surface area contributed by atoms with Crippen LogP contribution in [0.5, 0.6) is 0 Å². The van der Waals surface area contributed by atoms with Crippen molar-refractivity contribution in [3.63, 3.8) is 0 Å². The van der Waals surface area contributed by atoms with Gasteiger partial charge in [0.1, 0.15) is 0 Å². The highest BCUT2D eigenvalue weighted by molar-refractivity contribution is 6.39. The van der Waals surface area contributed by atoms with Crippen molar-refractivity contribution in [3.05, 3.63) is 67.6 Å². The second-order valence-corrected chi connectivity index (χ2v) is 5.34. The van der Waals surface area contributed by atoms with Gasteiger partial charge in [0.2, 0.25) is 0 Å². The van der Waals surface area contributed by atoms with Crippen LogP contribution in [0.15, 0.2) is 36.4 Å². The van der Waals surface area contributed by atoms with Crippen LogP contribution in [0.4, 0.5) is 0 Å². The molecule has 0 N–H and O–H groups in total. The summed E-state index contributed by atoms with van der Waals surface area (Å²) in [5.41, 5.74) is 1.97. The van der Waals surface area contributed by atoms with Crippen LogP contribution in [-0.2, 0) is 6.42 Å². The average Bonchev–Trinajstić information content (AvgIpc) is 2.26. The molecule has 0 bridgehead atoms.